The number of hydrogen-bond acceptors (Lipinski definition) is 2. The molecule has 2 nitrogen and oxygen atoms in total. The fourth-order valence-electron chi connectivity index (χ4n) is 3.44. The second-order valence-corrected chi connectivity index (χ2v) is 6.58. The van der Waals surface area contributed by atoms with E-state index in [9.17, 15) is 0 Å². The smallest absolute Gasteiger partial charge is 0.0708 e. The molecule has 17 heavy (non-hydrogen) atoms. The highest BCUT2D eigenvalue weighted by Crippen LogP contribution is 2.42. The molecule has 0 amide bonds. The van der Waals surface area contributed by atoms with Crippen molar-refractivity contribution in [2.75, 3.05) is 12.4 Å². The Labute approximate surface area is 109 Å². The van der Waals surface area contributed by atoms with Crippen LogP contribution in [0.1, 0.15) is 57.8 Å². The molecule has 2 saturated carbocycles. The van der Waals surface area contributed by atoms with Gasteiger partial charge in [0.15, 0.2) is 0 Å². The van der Waals surface area contributed by atoms with Crippen LogP contribution in [0.5, 0.6) is 0 Å². The minimum atomic E-state index is 0.266. The van der Waals surface area contributed by atoms with Gasteiger partial charge in [-0.2, -0.15) is 0 Å². The van der Waals surface area contributed by atoms with Crippen LogP contribution in [0.3, 0.4) is 0 Å². The second kappa shape index (κ2) is 4.71. The van der Waals surface area contributed by atoms with Crippen LogP contribution in [-0.2, 0) is 4.74 Å². The number of rotatable bonds is 4. The number of ether oxygens (including phenoxy) is 1. The molecule has 3 rings (SSSR count). The molecule has 3 fully saturated rings. The average molecular weight is 258 g/mol. The van der Waals surface area contributed by atoms with E-state index in [-0.39, 0.29) is 11.1 Å². The summed E-state index contributed by atoms with van der Waals surface area (Å²) in [5.74, 6) is 0.755. The number of nitrogens with one attached hydrogen (secondary N) is 1. The predicted molar refractivity (Wildman–Crippen MR) is 70.6 cm³/mol. The van der Waals surface area contributed by atoms with Gasteiger partial charge in [0.2, 0.25) is 0 Å². The lowest BCUT2D eigenvalue weighted by molar-refractivity contribution is -0.0630. The molecule has 1 N–H and O–H groups in total. The van der Waals surface area contributed by atoms with Gasteiger partial charge in [-0.15, -0.1) is 11.6 Å². The highest BCUT2D eigenvalue weighted by molar-refractivity contribution is 6.18. The van der Waals surface area contributed by atoms with E-state index in [1.165, 1.54) is 57.8 Å². The summed E-state index contributed by atoms with van der Waals surface area (Å²) in [4.78, 5) is 0. The zero-order chi connectivity index (χ0) is 11.8. The zero-order valence-corrected chi connectivity index (χ0v) is 11.4. The molecular weight excluding hydrogens is 234 g/mol. The summed E-state index contributed by atoms with van der Waals surface area (Å²) in [5.41, 5.74) is 0.537. The largest absolute Gasteiger partial charge is 0.370 e. The van der Waals surface area contributed by atoms with E-state index in [1.54, 1.807) is 0 Å². The minimum absolute atomic E-state index is 0.266. The van der Waals surface area contributed by atoms with Crippen molar-refractivity contribution in [1.82, 2.24) is 5.32 Å². The number of hydrogen-bond donors (Lipinski definition) is 1. The quantitative estimate of drug-likeness (QED) is 0.781. The summed E-state index contributed by atoms with van der Waals surface area (Å²) in [5, 5.41) is 3.63. The van der Waals surface area contributed by atoms with Gasteiger partial charge in [-0.05, 0) is 38.5 Å². The van der Waals surface area contributed by atoms with E-state index < -0.39 is 0 Å². The van der Waals surface area contributed by atoms with Crippen LogP contribution in [-0.4, -0.2) is 29.7 Å². The highest BCUT2D eigenvalue weighted by atomic mass is 35.5. The SMILES string of the molecule is ClCC1(NCC2CCC3(CCCCC3)O2)CC1. The van der Waals surface area contributed by atoms with Gasteiger partial charge in [-0.3, -0.25) is 0 Å². The van der Waals surface area contributed by atoms with Gasteiger partial charge in [0.25, 0.3) is 0 Å². The molecule has 1 atom stereocenters. The molecule has 3 heteroatoms. The highest BCUT2D eigenvalue weighted by Gasteiger charge is 2.44. The van der Waals surface area contributed by atoms with E-state index in [1.807, 2.05) is 0 Å². The van der Waals surface area contributed by atoms with Crippen LogP contribution in [0.2, 0.25) is 0 Å². The molecule has 98 valence electrons. The molecule has 1 saturated heterocycles. The first kappa shape index (κ1) is 12.3. The Bertz CT molecular complexity index is 271. The van der Waals surface area contributed by atoms with E-state index in [4.69, 9.17) is 16.3 Å². The summed E-state index contributed by atoms with van der Waals surface area (Å²) < 4.78 is 6.35. The minimum Gasteiger partial charge on any atom is -0.370 e. The number of alkyl halides is 1. The van der Waals surface area contributed by atoms with E-state index in [0.717, 1.165) is 12.4 Å². The van der Waals surface area contributed by atoms with E-state index in [0.29, 0.717) is 6.10 Å². The van der Waals surface area contributed by atoms with Crippen molar-refractivity contribution in [1.29, 1.82) is 0 Å². The summed E-state index contributed by atoms with van der Waals surface area (Å²) in [6, 6.07) is 0. The molecule has 1 spiro atoms. The van der Waals surface area contributed by atoms with Crippen LogP contribution in [0, 0.1) is 0 Å². The predicted octanol–water partition coefficient (Wildman–Crippen LogP) is 3.23. The van der Waals surface area contributed by atoms with Crippen molar-refractivity contribution in [2.24, 2.45) is 0 Å². The number of halogens is 1. The second-order valence-electron chi connectivity index (χ2n) is 6.32. The maximum absolute atomic E-state index is 6.35. The first-order chi connectivity index (χ1) is 8.26. The molecule has 2 aliphatic carbocycles. The molecule has 1 unspecified atom stereocenters. The standard InChI is InChI=1S/C14H24ClNO/c15-11-13(8-9-13)16-10-12-4-7-14(17-12)5-2-1-3-6-14/h12,16H,1-11H2. The summed E-state index contributed by atoms with van der Waals surface area (Å²) in [6.07, 6.45) is 12.2. The van der Waals surface area contributed by atoms with Crippen molar-refractivity contribution < 1.29 is 4.74 Å². The summed E-state index contributed by atoms with van der Waals surface area (Å²) in [6.45, 7) is 1.01. The Balaban J connectivity index is 1.47. The first-order valence-corrected chi connectivity index (χ1v) is 7.78. The molecule has 0 bridgehead atoms. The van der Waals surface area contributed by atoms with Crippen molar-refractivity contribution in [3.63, 3.8) is 0 Å². The van der Waals surface area contributed by atoms with Crippen LogP contribution in [0.15, 0.2) is 0 Å². The molecule has 0 aromatic heterocycles. The molecule has 1 aliphatic heterocycles. The third kappa shape index (κ3) is 2.64. The van der Waals surface area contributed by atoms with Crippen LogP contribution in [0.25, 0.3) is 0 Å². The molecule has 3 aliphatic rings. The fourth-order valence-corrected chi connectivity index (χ4v) is 3.80. The van der Waals surface area contributed by atoms with Gasteiger partial charge in [0.05, 0.1) is 11.7 Å². The third-order valence-electron chi connectivity index (χ3n) is 4.92. The van der Waals surface area contributed by atoms with Gasteiger partial charge in [-0.25, -0.2) is 0 Å². The van der Waals surface area contributed by atoms with E-state index >= 15 is 0 Å². The maximum atomic E-state index is 6.35. The zero-order valence-electron chi connectivity index (χ0n) is 10.6. The Morgan fingerprint density at radius 2 is 1.82 bits per heavy atom. The Morgan fingerprint density at radius 3 is 2.47 bits per heavy atom. The third-order valence-corrected chi connectivity index (χ3v) is 5.43. The first-order valence-electron chi connectivity index (χ1n) is 7.25. The van der Waals surface area contributed by atoms with Crippen LogP contribution < -0.4 is 5.32 Å². The molecule has 0 aromatic rings. The van der Waals surface area contributed by atoms with Crippen LogP contribution in [0.4, 0.5) is 0 Å². The van der Waals surface area contributed by atoms with Gasteiger partial charge in [0.1, 0.15) is 0 Å². The average Bonchev–Trinajstić information content (AvgIpc) is 3.06. The lowest BCUT2D eigenvalue weighted by Crippen LogP contribution is -2.40. The normalized spacial score (nSPS) is 34.1. The molecule has 0 aromatic carbocycles. The fraction of sp³-hybridized carbons (Fsp3) is 1.00. The Hall–Kier alpha value is 0.210. The topological polar surface area (TPSA) is 21.3 Å². The van der Waals surface area contributed by atoms with Crippen LogP contribution >= 0.6 is 11.6 Å². The lowest BCUT2D eigenvalue weighted by Gasteiger charge is -2.33. The van der Waals surface area contributed by atoms with E-state index in [2.05, 4.69) is 5.32 Å². The molecular formula is C14H24ClNO. The van der Waals surface area contributed by atoms with Crippen molar-refractivity contribution in [3.05, 3.63) is 0 Å². The summed E-state index contributed by atoms with van der Waals surface area (Å²) in [7, 11) is 0. The Morgan fingerprint density at radius 1 is 1.06 bits per heavy atom. The van der Waals surface area contributed by atoms with Crippen molar-refractivity contribution >= 4 is 11.6 Å². The Kier molecular flexibility index (Phi) is 3.40. The van der Waals surface area contributed by atoms with Gasteiger partial charge in [-0.1, -0.05) is 19.3 Å². The monoisotopic (exact) mass is 257 g/mol. The summed E-state index contributed by atoms with van der Waals surface area (Å²) >= 11 is 5.98. The van der Waals surface area contributed by atoms with Gasteiger partial charge >= 0.3 is 0 Å². The molecule has 1 heterocycles. The maximum Gasteiger partial charge on any atom is 0.0708 e. The lowest BCUT2D eigenvalue weighted by atomic mass is 9.83. The molecule has 0 radical (unpaired) electrons. The van der Waals surface area contributed by atoms with Crippen molar-refractivity contribution in [3.8, 4) is 0 Å². The van der Waals surface area contributed by atoms with Gasteiger partial charge in [0, 0.05) is 18.0 Å². The van der Waals surface area contributed by atoms with Crippen molar-refractivity contribution in [2.45, 2.75) is 75.0 Å². The van der Waals surface area contributed by atoms with Gasteiger partial charge < -0.3 is 10.1 Å².